The minimum Gasteiger partial charge on any atom is -0.387 e. The van der Waals surface area contributed by atoms with Crippen LogP contribution >= 0.6 is 0 Å². The summed E-state index contributed by atoms with van der Waals surface area (Å²) < 4.78 is 5.95. The standard InChI is InChI=1S/C19H18N2O3/c1-4-14-5-7-15(8-6-14)18(22)21-19(23)24-17(20-21)16-10-12(2)9-13(3)11-16/h5-11H,4H2,1-3H3. The summed E-state index contributed by atoms with van der Waals surface area (Å²) in [5.74, 6) is -1.14. The largest absolute Gasteiger partial charge is 0.445 e. The topological polar surface area (TPSA) is 65.1 Å². The van der Waals surface area contributed by atoms with E-state index in [-0.39, 0.29) is 5.89 Å². The molecule has 0 spiro atoms. The molecule has 24 heavy (non-hydrogen) atoms. The molecule has 0 unspecified atom stereocenters. The Bertz CT molecular complexity index is 929. The van der Waals surface area contributed by atoms with Gasteiger partial charge in [-0.3, -0.25) is 4.79 Å². The summed E-state index contributed by atoms with van der Waals surface area (Å²) in [6.45, 7) is 5.94. The van der Waals surface area contributed by atoms with Crippen molar-refractivity contribution in [3.63, 3.8) is 0 Å². The van der Waals surface area contributed by atoms with E-state index in [4.69, 9.17) is 4.42 Å². The molecule has 0 saturated heterocycles. The van der Waals surface area contributed by atoms with Gasteiger partial charge in [0.2, 0.25) is 5.89 Å². The normalized spacial score (nSPS) is 10.8. The molecule has 0 aliphatic carbocycles. The zero-order valence-corrected chi connectivity index (χ0v) is 13.9. The maximum atomic E-state index is 12.5. The van der Waals surface area contributed by atoms with Crippen molar-refractivity contribution in [1.29, 1.82) is 0 Å². The van der Waals surface area contributed by atoms with Crippen molar-refractivity contribution in [3.8, 4) is 11.5 Å². The lowest BCUT2D eigenvalue weighted by atomic mass is 10.1. The number of carbonyl (C=O) groups excluding carboxylic acids is 1. The third kappa shape index (κ3) is 3.06. The molecule has 2 aromatic carbocycles. The molecule has 0 radical (unpaired) electrons. The quantitative estimate of drug-likeness (QED) is 0.741. The Morgan fingerprint density at radius 3 is 2.29 bits per heavy atom. The van der Waals surface area contributed by atoms with Crippen LogP contribution in [0.5, 0.6) is 0 Å². The van der Waals surface area contributed by atoms with E-state index in [2.05, 4.69) is 5.10 Å². The van der Waals surface area contributed by atoms with E-state index in [9.17, 15) is 9.59 Å². The van der Waals surface area contributed by atoms with Crippen LogP contribution in [0.4, 0.5) is 0 Å². The third-order valence-electron chi connectivity index (χ3n) is 3.82. The Kier molecular flexibility index (Phi) is 4.16. The summed E-state index contributed by atoms with van der Waals surface area (Å²) in [6.07, 6.45) is 0.884. The van der Waals surface area contributed by atoms with Crippen LogP contribution in [0, 0.1) is 13.8 Å². The fraction of sp³-hybridized carbons (Fsp3) is 0.211. The minimum atomic E-state index is -0.784. The average molecular weight is 322 g/mol. The molecular weight excluding hydrogens is 304 g/mol. The molecule has 0 aliphatic rings. The second kappa shape index (κ2) is 6.28. The highest BCUT2D eigenvalue weighted by atomic mass is 16.4. The van der Waals surface area contributed by atoms with Crippen LogP contribution in [0.25, 0.3) is 11.5 Å². The maximum absolute atomic E-state index is 12.5. The summed E-state index contributed by atoms with van der Waals surface area (Å²) in [7, 11) is 0. The SMILES string of the molecule is CCc1ccc(C(=O)n2nc(-c3cc(C)cc(C)c3)oc2=O)cc1. The monoisotopic (exact) mass is 322 g/mol. The minimum absolute atomic E-state index is 0.144. The predicted octanol–water partition coefficient (Wildman–Crippen LogP) is 3.37. The molecule has 0 bridgehead atoms. The number of nitrogens with zero attached hydrogens (tertiary/aromatic N) is 2. The van der Waals surface area contributed by atoms with E-state index >= 15 is 0 Å². The van der Waals surface area contributed by atoms with Crippen molar-refractivity contribution >= 4 is 5.91 Å². The molecule has 3 rings (SSSR count). The predicted molar refractivity (Wildman–Crippen MR) is 91.2 cm³/mol. The zero-order chi connectivity index (χ0) is 17.3. The first-order valence-corrected chi connectivity index (χ1v) is 7.80. The van der Waals surface area contributed by atoms with Gasteiger partial charge in [-0.05, 0) is 50.1 Å². The van der Waals surface area contributed by atoms with E-state index in [1.54, 1.807) is 12.1 Å². The molecule has 5 heteroatoms. The number of hydrogen-bond acceptors (Lipinski definition) is 4. The molecule has 0 aliphatic heterocycles. The van der Waals surface area contributed by atoms with E-state index < -0.39 is 11.7 Å². The van der Waals surface area contributed by atoms with Gasteiger partial charge in [0.05, 0.1) is 0 Å². The van der Waals surface area contributed by atoms with Crippen LogP contribution in [0.15, 0.2) is 51.7 Å². The lowest BCUT2D eigenvalue weighted by Gasteiger charge is -2.01. The molecule has 5 nitrogen and oxygen atoms in total. The molecule has 0 amide bonds. The molecular formula is C19H18N2O3. The van der Waals surface area contributed by atoms with Crippen LogP contribution in [0.1, 0.15) is 34.0 Å². The molecule has 0 atom stereocenters. The first kappa shape index (κ1) is 15.9. The molecule has 0 fully saturated rings. The van der Waals surface area contributed by atoms with Crippen LogP contribution in [-0.2, 0) is 6.42 Å². The third-order valence-corrected chi connectivity index (χ3v) is 3.82. The van der Waals surface area contributed by atoms with Gasteiger partial charge >= 0.3 is 5.76 Å². The van der Waals surface area contributed by atoms with Crippen molar-refractivity contribution in [1.82, 2.24) is 9.78 Å². The molecule has 3 aromatic rings. The summed E-state index contributed by atoms with van der Waals surface area (Å²) in [5.41, 5.74) is 4.26. The Balaban J connectivity index is 1.99. The van der Waals surface area contributed by atoms with Crippen LogP contribution in [-0.4, -0.2) is 15.7 Å². The molecule has 0 saturated carbocycles. The molecule has 122 valence electrons. The van der Waals surface area contributed by atoms with E-state index in [0.717, 1.165) is 27.8 Å². The Morgan fingerprint density at radius 1 is 1.08 bits per heavy atom. The van der Waals surface area contributed by atoms with Gasteiger partial charge < -0.3 is 4.42 Å². The summed E-state index contributed by atoms with van der Waals surface area (Å²) in [5, 5.41) is 4.07. The summed E-state index contributed by atoms with van der Waals surface area (Å²) >= 11 is 0. The smallest absolute Gasteiger partial charge is 0.387 e. The van der Waals surface area contributed by atoms with Gasteiger partial charge in [-0.1, -0.05) is 36.2 Å². The van der Waals surface area contributed by atoms with Crippen molar-refractivity contribution in [2.24, 2.45) is 0 Å². The highest BCUT2D eigenvalue weighted by Gasteiger charge is 2.18. The lowest BCUT2D eigenvalue weighted by Crippen LogP contribution is -2.24. The van der Waals surface area contributed by atoms with Crippen molar-refractivity contribution in [3.05, 3.63) is 75.3 Å². The molecule has 1 heterocycles. The van der Waals surface area contributed by atoms with Gasteiger partial charge in [0.25, 0.3) is 5.91 Å². The molecule has 0 N–H and O–H groups in total. The maximum Gasteiger partial charge on any atom is 0.445 e. The number of benzene rings is 2. The average Bonchev–Trinajstić information content (AvgIpc) is 2.95. The fourth-order valence-electron chi connectivity index (χ4n) is 2.63. The van der Waals surface area contributed by atoms with Gasteiger partial charge in [-0.2, -0.15) is 0 Å². The first-order chi connectivity index (χ1) is 11.5. The van der Waals surface area contributed by atoms with Gasteiger partial charge in [-0.15, -0.1) is 9.78 Å². The Labute approximate surface area is 139 Å². The van der Waals surface area contributed by atoms with E-state index in [1.807, 2.05) is 51.1 Å². The van der Waals surface area contributed by atoms with Crippen molar-refractivity contribution in [2.75, 3.05) is 0 Å². The Hall–Kier alpha value is -2.95. The van der Waals surface area contributed by atoms with Gasteiger partial charge in [-0.25, -0.2) is 4.79 Å². The van der Waals surface area contributed by atoms with Crippen molar-refractivity contribution < 1.29 is 9.21 Å². The zero-order valence-electron chi connectivity index (χ0n) is 13.9. The van der Waals surface area contributed by atoms with E-state index in [1.165, 1.54) is 0 Å². The van der Waals surface area contributed by atoms with Crippen LogP contribution in [0.2, 0.25) is 0 Å². The van der Waals surface area contributed by atoms with Crippen LogP contribution < -0.4 is 5.76 Å². The van der Waals surface area contributed by atoms with Crippen molar-refractivity contribution in [2.45, 2.75) is 27.2 Å². The highest BCUT2D eigenvalue weighted by Crippen LogP contribution is 2.19. The number of aryl methyl sites for hydroxylation is 3. The second-order valence-electron chi connectivity index (χ2n) is 5.82. The highest BCUT2D eigenvalue weighted by molar-refractivity contribution is 5.95. The van der Waals surface area contributed by atoms with E-state index in [0.29, 0.717) is 11.1 Å². The Morgan fingerprint density at radius 2 is 1.71 bits per heavy atom. The van der Waals surface area contributed by atoms with Gasteiger partial charge in [0.15, 0.2) is 0 Å². The molecule has 1 aromatic heterocycles. The second-order valence-corrected chi connectivity index (χ2v) is 5.82. The lowest BCUT2D eigenvalue weighted by molar-refractivity contribution is 0.0937. The van der Waals surface area contributed by atoms with Gasteiger partial charge in [0, 0.05) is 11.1 Å². The van der Waals surface area contributed by atoms with Crippen LogP contribution in [0.3, 0.4) is 0 Å². The number of rotatable bonds is 3. The number of hydrogen-bond donors (Lipinski definition) is 0. The first-order valence-electron chi connectivity index (χ1n) is 7.80. The summed E-state index contributed by atoms with van der Waals surface area (Å²) in [4.78, 5) is 24.5. The fourth-order valence-corrected chi connectivity index (χ4v) is 2.63. The van der Waals surface area contributed by atoms with Gasteiger partial charge in [0.1, 0.15) is 0 Å². The summed E-state index contributed by atoms with van der Waals surface area (Å²) in [6, 6.07) is 12.9. The number of carbonyl (C=O) groups is 1. The number of aromatic nitrogens is 2.